The van der Waals surface area contributed by atoms with Gasteiger partial charge < -0.3 is 10.6 Å². The Kier molecular flexibility index (Phi) is 4.14. The van der Waals surface area contributed by atoms with Gasteiger partial charge in [0.05, 0.1) is 0 Å². The Labute approximate surface area is 116 Å². The number of amides is 2. The predicted octanol–water partition coefficient (Wildman–Crippen LogP) is 1.18. The number of hydrogen-bond acceptors (Lipinski definition) is 3. The van der Waals surface area contributed by atoms with Crippen LogP contribution in [-0.2, 0) is 11.8 Å². The molecule has 20 heavy (non-hydrogen) atoms. The average molecular weight is 272 g/mol. The maximum atomic E-state index is 11.9. The molecule has 0 aliphatic rings. The molecular weight excluding hydrogens is 256 g/mol. The van der Waals surface area contributed by atoms with Crippen LogP contribution in [0.2, 0.25) is 0 Å². The number of benzene rings is 1. The second kappa shape index (κ2) is 6.01. The van der Waals surface area contributed by atoms with Gasteiger partial charge in [0.1, 0.15) is 6.04 Å². The van der Waals surface area contributed by atoms with E-state index in [1.807, 2.05) is 6.07 Å². The van der Waals surface area contributed by atoms with E-state index in [-0.39, 0.29) is 11.8 Å². The third-order valence-corrected chi connectivity index (χ3v) is 2.74. The van der Waals surface area contributed by atoms with Crippen LogP contribution < -0.4 is 10.6 Å². The molecule has 0 saturated carbocycles. The maximum absolute atomic E-state index is 11.9. The number of hydrogen-bond donors (Lipinski definition) is 2. The second-order valence-corrected chi connectivity index (χ2v) is 4.43. The van der Waals surface area contributed by atoms with Crippen molar-refractivity contribution in [2.45, 2.75) is 13.0 Å². The first-order chi connectivity index (χ1) is 9.56. The van der Waals surface area contributed by atoms with Gasteiger partial charge in [-0.15, -0.1) is 0 Å². The minimum atomic E-state index is -0.648. The fourth-order valence-electron chi connectivity index (χ4n) is 1.65. The van der Waals surface area contributed by atoms with Gasteiger partial charge in [0.2, 0.25) is 5.91 Å². The summed E-state index contributed by atoms with van der Waals surface area (Å²) >= 11 is 0. The van der Waals surface area contributed by atoms with Crippen LogP contribution in [0.15, 0.2) is 42.6 Å². The zero-order valence-corrected chi connectivity index (χ0v) is 11.3. The number of carbonyl (C=O) groups is 2. The van der Waals surface area contributed by atoms with Crippen molar-refractivity contribution in [2.75, 3.05) is 5.32 Å². The zero-order valence-electron chi connectivity index (χ0n) is 11.3. The van der Waals surface area contributed by atoms with Crippen molar-refractivity contribution in [2.24, 2.45) is 7.05 Å². The molecule has 0 saturated heterocycles. The Hall–Kier alpha value is -2.63. The Balaban J connectivity index is 1.92. The van der Waals surface area contributed by atoms with Crippen LogP contribution in [0, 0.1) is 0 Å². The minimum Gasteiger partial charge on any atom is -0.341 e. The van der Waals surface area contributed by atoms with Crippen molar-refractivity contribution in [3.63, 3.8) is 0 Å². The highest BCUT2D eigenvalue weighted by Gasteiger charge is 2.17. The molecule has 6 heteroatoms. The number of anilines is 1. The fourth-order valence-corrected chi connectivity index (χ4v) is 1.65. The SMILES string of the molecule is CC(NC(=O)c1ccccc1)C(=O)Nc1ccn(C)n1. The summed E-state index contributed by atoms with van der Waals surface area (Å²) in [6.45, 7) is 1.62. The summed E-state index contributed by atoms with van der Waals surface area (Å²) in [7, 11) is 1.76. The molecule has 2 N–H and O–H groups in total. The van der Waals surface area contributed by atoms with E-state index < -0.39 is 6.04 Å². The number of carbonyl (C=O) groups excluding carboxylic acids is 2. The molecule has 1 atom stereocenters. The van der Waals surface area contributed by atoms with Crippen molar-refractivity contribution in [1.82, 2.24) is 15.1 Å². The summed E-state index contributed by atoms with van der Waals surface area (Å²) in [5.74, 6) is -0.138. The number of aryl methyl sites for hydroxylation is 1. The lowest BCUT2D eigenvalue weighted by Gasteiger charge is -2.13. The van der Waals surface area contributed by atoms with Crippen molar-refractivity contribution in [1.29, 1.82) is 0 Å². The molecule has 0 bridgehead atoms. The van der Waals surface area contributed by atoms with E-state index in [9.17, 15) is 9.59 Å². The highest BCUT2D eigenvalue weighted by atomic mass is 16.2. The van der Waals surface area contributed by atoms with Crippen molar-refractivity contribution >= 4 is 17.6 Å². The molecule has 0 aliphatic heterocycles. The van der Waals surface area contributed by atoms with Gasteiger partial charge in [-0.1, -0.05) is 18.2 Å². The van der Waals surface area contributed by atoms with Crippen molar-refractivity contribution < 1.29 is 9.59 Å². The van der Waals surface area contributed by atoms with Gasteiger partial charge >= 0.3 is 0 Å². The Bertz CT molecular complexity index is 607. The van der Waals surface area contributed by atoms with Crippen LogP contribution in [0.3, 0.4) is 0 Å². The normalized spacial score (nSPS) is 11.7. The molecule has 104 valence electrons. The number of nitrogens with zero attached hydrogens (tertiary/aromatic N) is 2. The van der Waals surface area contributed by atoms with Gasteiger partial charge in [0, 0.05) is 24.9 Å². The quantitative estimate of drug-likeness (QED) is 0.877. The average Bonchev–Trinajstić information content (AvgIpc) is 2.85. The summed E-state index contributed by atoms with van der Waals surface area (Å²) in [5, 5.41) is 9.31. The van der Waals surface area contributed by atoms with Crippen LogP contribution in [0.1, 0.15) is 17.3 Å². The number of rotatable bonds is 4. The standard InChI is InChI=1S/C14H16N4O2/c1-10(13(19)16-12-8-9-18(2)17-12)15-14(20)11-6-4-3-5-7-11/h3-10H,1-2H3,(H,15,20)(H,16,17,19). The third-order valence-electron chi connectivity index (χ3n) is 2.74. The van der Waals surface area contributed by atoms with E-state index in [0.717, 1.165) is 0 Å². The van der Waals surface area contributed by atoms with Gasteiger partial charge in [0.15, 0.2) is 5.82 Å². The molecular formula is C14H16N4O2. The monoisotopic (exact) mass is 272 g/mol. The van der Waals surface area contributed by atoms with E-state index in [1.54, 1.807) is 55.2 Å². The van der Waals surface area contributed by atoms with E-state index >= 15 is 0 Å². The highest BCUT2D eigenvalue weighted by Crippen LogP contribution is 2.03. The van der Waals surface area contributed by atoms with E-state index in [4.69, 9.17) is 0 Å². The molecule has 1 heterocycles. The lowest BCUT2D eigenvalue weighted by atomic mass is 10.2. The van der Waals surface area contributed by atoms with Gasteiger partial charge in [-0.3, -0.25) is 14.3 Å². The van der Waals surface area contributed by atoms with E-state index in [0.29, 0.717) is 11.4 Å². The summed E-state index contributed by atoms with van der Waals surface area (Å²) < 4.78 is 1.59. The van der Waals surface area contributed by atoms with Gasteiger partial charge in [-0.05, 0) is 19.1 Å². The molecule has 1 aromatic heterocycles. The largest absolute Gasteiger partial charge is 0.341 e. The molecule has 2 aromatic rings. The maximum Gasteiger partial charge on any atom is 0.251 e. The van der Waals surface area contributed by atoms with Crippen LogP contribution in [0.5, 0.6) is 0 Å². The van der Waals surface area contributed by atoms with Gasteiger partial charge in [-0.2, -0.15) is 5.10 Å². The molecule has 2 amide bonds. The Morgan fingerprint density at radius 2 is 1.90 bits per heavy atom. The van der Waals surface area contributed by atoms with Crippen LogP contribution in [-0.4, -0.2) is 27.6 Å². The van der Waals surface area contributed by atoms with E-state index in [1.165, 1.54) is 0 Å². The van der Waals surface area contributed by atoms with Crippen LogP contribution in [0.25, 0.3) is 0 Å². The lowest BCUT2D eigenvalue weighted by molar-refractivity contribution is -0.117. The summed E-state index contributed by atoms with van der Waals surface area (Å²) in [6.07, 6.45) is 1.73. The fraction of sp³-hybridized carbons (Fsp3) is 0.214. The third kappa shape index (κ3) is 3.44. The predicted molar refractivity (Wildman–Crippen MR) is 75.2 cm³/mol. The topological polar surface area (TPSA) is 76.0 Å². The first kappa shape index (κ1) is 13.8. The Morgan fingerprint density at radius 1 is 1.20 bits per heavy atom. The van der Waals surface area contributed by atoms with Crippen LogP contribution >= 0.6 is 0 Å². The highest BCUT2D eigenvalue weighted by molar-refractivity contribution is 6.00. The number of aromatic nitrogens is 2. The second-order valence-electron chi connectivity index (χ2n) is 4.43. The molecule has 0 spiro atoms. The van der Waals surface area contributed by atoms with Gasteiger partial charge in [-0.25, -0.2) is 0 Å². The Morgan fingerprint density at radius 3 is 2.50 bits per heavy atom. The molecule has 0 fully saturated rings. The summed E-state index contributed by atoms with van der Waals surface area (Å²) in [4.78, 5) is 23.8. The lowest BCUT2D eigenvalue weighted by Crippen LogP contribution is -2.41. The molecule has 0 aliphatic carbocycles. The smallest absolute Gasteiger partial charge is 0.251 e. The van der Waals surface area contributed by atoms with Gasteiger partial charge in [0.25, 0.3) is 5.91 Å². The van der Waals surface area contributed by atoms with Crippen molar-refractivity contribution in [3.8, 4) is 0 Å². The number of nitrogens with one attached hydrogen (secondary N) is 2. The van der Waals surface area contributed by atoms with E-state index in [2.05, 4.69) is 15.7 Å². The van der Waals surface area contributed by atoms with Crippen LogP contribution in [0.4, 0.5) is 5.82 Å². The minimum absolute atomic E-state index is 0.283. The van der Waals surface area contributed by atoms with Crippen molar-refractivity contribution in [3.05, 3.63) is 48.2 Å². The zero-order chi connectivity index (χ0) is 14.5. The summed E-state index contributed by atoms with van der Waals surface area (Å²) in [6, 6.07) is 9.79. The summed E-state index contributed by atoms with van der Waals surface area (Å²) in [5.41, 5.74) is 0.519. The molecule has 6 nitrogen and oxygen atoms in total. The molecule has 2 rings (SSSR count). The first-order valence-electron chi connectivity index (χ1n) is 6.22. The molecule has 0 radical (unpaired) electrons. The molecule has 1 unspecified atom stereocenters. The first-order valence-corrected chi connectivity index (χ1v) is 6.22. The molecule has 1 aromatic carbocycles.